The first-order valence-electron chi connectivity index (χ1n) is 10.6. The highest BCUT2D eigenvalue weighted by Gasteiger charge is 2.14. The fraction of sp³-hybridized carbons (Fsp3) is 0.154. The fourth-order valence-corrected chi connectivity index (χ4v) is 4.05. The van der Waals surface area contributed by atoms with E-state index in [-0.39, 0.29) is 0 Å². The average molecular weight is 408 g/mol. The van der Waals surface area contributed by atoms with Gasteiger partial charge in [-0.15, -0.1) is 6.58 Å². The number of hydrogen-bond donors (Lipinski definition) is 2. The van der Waals surface area contributed by atoms with Gasteiger partial charge >= 0.3 is 0 Å². The Morgan fingerprint density at radius 3 is 2.26 bits per heavy atom. The van der Waals surface area contributed by atoms with Crippen molar-refractivity contribution in [2.24, 2.45) is 0 Å². The monoisotopic (exact) mass is 407 g/mol. The summed E-state index contributed by atoms with van der Waals surface area (Å²) in [6.45, 7) is 6.10. The molecule has 5 aromatic rings. The molecule has 0 amide bonds. The SMILES string of the molecule is C=CCc1cccc2[nH]c(CN(Cc3ccccc3)Cc3nc4ccccc4[nH]3)nc12. The fourth-order valence-electron chi connectivity index (χ4n) is 4.05. The number of nitrogens with zero attached hydrogens (tertiary/aromatic N) is 3. The van der Waals surface area contributed by atoms with Crippen LogP contribution in [0.3, 0.4) is 0 Å². The summed E-state index contributed by atoms with van der Waals surface area (Å²) in [5.74, 6) is 1.92. The van der Waals surface area contributed by atoms with Gasteiger partial charge in [-0.3, -0.25) is 4.90 Å². The Hall–Kier alpha value is -3.70. The molecule has 0 unspecified atom stereocenters. The Kier molecular flexibility index (Phi) is 5.33. The molecule has 31 heavy (non-hydrogen) atoms. The Balaban J connectivity index is 1.44. The van der Waals surface area contributed by atoms with Crippen molar-refractivity contribution in [1.82, 2.24) is 24.8 Å². The molecule has 2 aromatic heterocycles. The van der Waals surface area contributed by atoms with Gasteiger partial charge in [-0.05, 0) is 35.7 Å². The van der Waals surface area contributed by atoms with Crippen LogP contribution in [0.4, 0.5) is 0 Å². The molecule has 154 valence electrons. The first-order valence-corrected chi connectivity index (χ1v) is 10.6. The van der Waals surface area contributed by atoms with Gasteiger partial charge in [0.1, 0.15) is 11.6 Å². The number of nitrogens with one attached hydrogen (secondary N) is 2. The van der Waals surface area contributed by atoms with Crippen LogP contribution in [-0.4, -0.2) is 24.8 Å². The number of fused-ring (bicyclic) bond motifs is 2. The van der Waals surface area contributed by atoms with Gasteiger partial charge < -0.3 is 9.97 Å². The quantitative estimate of drug-likeness (QED) is 0.340. The minimum absolute atomic E-state index is 0.703. The number of allylic oxidation sites excluding steroid dienone is 1. The molecule has 0 radical (unpaired) electrons. The second-order valence-corrected chi connectivity index (χ2v) is 7.82. The number of H-pyrrole nitrogens is 2. The van der Waals surface area contributed by atoms with Crippen molar-refractivity contribution in [2.45, 2.75) is 26.1 Å². The van der Waals surface area contributed by atoms with Crippen molar-refractivity contribution >= 4 is 22.1 Å². The van der Waals surface area contributed by atoms with Gasteiger partial charge in [0.05, 0.1) is 35.2 Å². The predicted molar refractivity (Wildman–Crippen MR) is 125 cm³/mol. The van der Waals surface area contributed by atoms with E-state index in [0.29, 0.717) is 13.1 Å². The van der Waals surface area contributed by atoms with Crippen LogP contribution in [0.5, 0.6) is 0 Å². The molecule has 2 heterocycles. The van der Waals surface area contributed by atoms with Crippen LogP contribution in [0.2, 0.25) is 0 Å². The lowest BCUT2D eigenvalue weighted by Gasteiger charge is -2.20. The molecule has 5 heteroatoms. The van der Waals surface area contributed by atoms with Crippen LogP contribution < -0.4 is 0 Å². The van der Waals surface area contributed by atoms with Gasteiger partial charge in [0.2, 0.25) is 0 Å². The number of para-hydroxylation sites is 3. The van der Waals surface area contributed by atoms with Gasteiger partial charge in [-0.1, -0.05) is 60.7 Å². The van der Waals surface area contributed by atoms with E-state index in [4.69, 9.17) is 9.97 Å². The van der Waals surface area contributed by atoms with Gasteiger partial charge in [0.25, 0.3) is 0 Å². The van der Waals surface area contributed by atoms with Crippen LogP contribution in [0.25, 0.3) is 22.1 Å². The summed E-state index contributed by atoms with van der Waals surface area (Å²) in [7, 11) is 0. The zero-order chi connectivity index (χ0) is 21.0. The average Bonchev–Trinajstić information content (AvgIpc) is 3.38. The third-order valence-electron chi connectivity index (χ3n) is 5.44. The molecule has 5 nitrogen and oxygen atoms in total. The van der Waals surface area contributed by atoms with Crippen molar-refractivity contribution in [3.8, 4) is 0 Å². The van der Waals surface area contributed by atoms with Crippen molar-refractivity contribution in [3.05, 3.63) is 108 Å². The number of hydrogen-bond acceptors (Lipinski definition) is 3. The smallest absolute Gasteiger partial charge is 0.121 e. The third-order valence-corrected chi connectivity index (χ3v) is 5.44. The predicted octanol–water partition coefficient (Wildman–Crippen LogP) is 5.37. The van der Waals surface area contributed by atoms with Crippen LogP contribution >= 0.6 is 0 Å². The van der Waals surface area contributed by atoms with E-state index >= 15 is 0 Å². The molecule has 2 N–H and O–H groups in total. The molecular formula is C26H25N5. The standard InChI is InChI=1S/C26H25N5/c1-2-9-20-12-8-15-23-26(20)30-25(29-23)18-31(16-19-10-4-3-5-11-19)17-24-27-21-13-6-7-14-22(21)28-24/h2-8,10-15H,1,9,16-18H2,(H,27,28)(H,29,30). The highest BCUT2D eigenvalue weighted by Crippen LogP contribution is 2.20. The van der Waals surface area contributed by atoms with E-state index in [1.807, 2.05) is 30.3 Å². The van der Waals surface area contributed by atoms with E-state index in [9.17, 15) is 0 Å². The third kappa shape index (κ3) is 4.27. The van der Waals surface area contributed by atoms with Crippen LogP contribution in [0.1, 0.15) is 22.8 Å². The molecule has 0 aliphatic heterocycles. The second-order valence-electron chi connectivity index (χ2n) is 7.82. The minimum Gasteiger partial charge on any atom is -0.341 e. The van der Waals surface area contributed by atoms with Crippen LogP contribution in [-0.2, 0) is 26.1 Å². The largest absolute Gasteiger partial charge is 0.341 e. The number of aromatic amines is 2. The maximum absolute atomic E-state index is 4.92. The van der Waals surface area contributed by atoms with Gasteiger partial charge in [0, 0.05) is 6.54 Å². The lowest BCUT2D eigenvalue weighted by molar-refractivity contribution is 0.237. The molecule has 0 aliphatic rings. The maximum atomic E-state index is 4.92. The lowest BCUT2D eigenvalue weighted by atomic mass is 10.1. The van der Waals surface area contributed by atoms with E-state index < -0.39 is 0 Å². The van der Waals surface area contributed by atoms with Crippen LogP contribution in [0.15, 0.2) is 85.5 Å². The molecule has 0 fully saturated rings. The minimum atomic E-state index is 0.703. The van der Waals surface area contributed by atoms with Crippen molar-refractivity contribution in [1.29, 1.82) is 0 Å². The molecule has 5 rings (SSSR count). The second kappa shape index (κ2) is 8.58. The molecule has 0 atom stereocenters. The highest BCUT2D eigenvalue weighted by atomic mass is 15.2. The Morgan fingerprint density at radius 1 is 0.742 bits per heavy atom. The van der Waals surface area contributed by atoms with Crippen molar-refractivity contribution in [3.63, 3.8) is 0 Å². The number of aromatic nitrogens is 4. The van der Waals surface area contributed by atoms with Gasteiger partial charge in [0.15, 0.2) is 0 Å². The molecule has 0 saturated heterocycles. The number of imidazole rings is 2. The lowest BCUT2D eigenvalue weighted by Crippen LogP contribution is -2.23. The summed E-state index contributed by atoms with van der Waals surface area (Å²) in [5, 5.41) is 0. The normalized spacial score (nSPS) is 11.5. The Labute approximate surface area is 181 Å². The molecule has 3 aromatic carbocycles. The van der Waals surface area contributed by atoms with Crippen molar-refractivity contribution in [2.75, 3.05) is 0 Å². The van der Waals surface area contributed by atoms with E-state index in [0.717, 1.165) is 46.7 Å². The van der Waals surface area contributed by atoms with Crippen molar-refractivity contribution < 1.29 is 0 Å². The van der Waals surface area contributed by atoms with E-state index in [1.54, 1.807) is 0 Å². The summed E-state index contributed by atoms with van der Waals surface area (Å²) >= 11 is 0. The molecular weight excluding hydrogens is 382 g/mol. The zero-order valence-electron chi connectivity index (χ0n) is 17.4. The summed E-state index contributed by atoms with van der Waals surface area (Å²) in [6.07, 6.45) is 2.74. The molecule has 0 aliphatic carbocycles. The Morgan fingerprint density at radius 2 is 1.45 bits per heavy atom. The first kappa shape index (κ1) is 19.3. The topological polar surface area (TPSA) is 60.6 Å². The number of rotatable bonds is 8. The summed E-state index contributed by atoms with van der Waals surface area (Å²) in [5.41, 5.74) is 6.62. The molecule has 0 spiro atoms. The summed E-state index contributed by atoms with van der Waals surface area (Å²) < 4.78 is 0. The number of benzene rings is 3. The van der Waals surface area contributed by atoms with Gasteiger partial charge in [-0.25, -0.2) is 9.97 Å². The summed E-state index contributed by atoms with van der Waals surface area (Å²) in [6, 6.07) is 24.9. The highest BCUT2D eigenvalue weighted by molar-refractivity contribution is 5.79. The molecule has 0 saturated carbocycles. The maximum Gasteiger partial charge on any atom is 0.121 e. The van der Waals surface area contributed by atoms with E-state index in [2.05, 4.69) is 70.0 Å². The molecule has 0 bridgehead atoms. The van der Waals surface area contributed by atoms with E-state index in [1.165, 1.54) is 11.1 Å². The van der Waals surface area contributed by atoms with Gasteiger partial charge in [-0.2, -0.15) is 0 Å². The van der Waals surface area contributed by atoms with Crippen LogP contribution in [0, 0.1) is 0 Å². The first-order chi connectivity index (χ1) is 15.3. The Bertz CT molecular complexity index is 1280. The summed E-state index contributed by atoms with van der Waals surface area (Å²) in [4.78, 5) is 19.0. The zero-order valence-corrected chi connectivity index (χ0v) is 17.4.